The van der Waals surface area contributed by atoms with E-state index in [0.29, 0.717) is 16.9 Å². The first-order valence-electron chi connectivity index (χ1n) is 13.3. The SMILES string of the molecule is C=CCSC1OC(C=N[S+](C)[O-])C(OC(=O)c2ccccc2)CC1(COC(=O)c1ccccc1)OC(=O)c1ccccc1. The second kappa shape index (κ2) is 15.5. The van der Waals surface area contributed by atoms with Gasteiger partial charge in [0.15, 0.2) is 5.60 Å². The molecule has 0 spiro atoms. The lowest BCUT2D eigenvalue weighted by atomic mass is 9.91. The highest BCUT2D eigenvalue weighted by atomic mass is 32.2. The van der Waals surface area contributed by atoms with Gasteiger partial charge in [-0.25, -0.2) is 14.4 Å². The summed E-state index contributed by atoms with van der Waals surface area (Å²) in [7, 11) is 0. The van der Waals surface area contributed by atoms with Gasteiger partial charge in [-0.2, -0.15) is 0 Å². The van der Waals surface area contributed by atoms with Gasteiger partial charge in [-0.05, 0) is 36.4 Å². The maximum atomic E-state index is 13.5. The molecule has 1 aliphatic rings. The Morgan fingerprint density at radius 3 is 2.02 bits per heavy atom. The molecule has 1 aliphatic heterocycles. The summed E-state index contributed by atoms with van der Waals surface area (Å²) in [5.41, 5.74) is -1.66. The molecular formula is C32H31NO8S2. The molecule has 224 valence electrons. The molecule has 1 heterocycles. The number of benzene rings is 3. The molecule has 5 unspecified atom stereocenters. The van der Waals surface area contributed by atoms with Crippen molar-refractivity contribution in [3.63, 3.8) is 0 Å². The first kappa shape index (κ1) is 32.0. The largest absolute Gasteiger partial charge is 0.592 e. The van der Waals surface area contributed by atoms with Gasteiger partial charge >= 0.3 is 17.9 Å². The summed E-state index contributed by atoms with van der Waals surface area (Å²) in [5.74, 6) is -1.57. The Morgan fingerprint density at radius 2 is 1.49 bits per heavy atom. The first-order chi connectivity index (χ1) is 20.8. The van der Waals surface area contributed by atoms with Gasteiger partial charge < -0.3 is 23.5 Å². The molecule has 0 aliphatic carbocycles. The van der Waals surface area contributed by atoms with E-state index >= 15 is 0 Å². The Morgan fingerprint density at radius 1 is 0.953 bits per heavy atom. The van der Waals surface area contributed by atoms with E-state index in [1.165, 1.54) is 24.2 Å². The Labute approximate surface area is 257 Å². The summed E-state index contributed by atoms with van der Waals surface area (Å²) < 4.78 is 40.0. The molecule has 3 aromatic carbocycles. The molecule has 0 aromatic heterocycles. The lowest BCUT2D eigenvalue weighted by molar-refractivity contribution is -0.182. The van der Waals surface area contributed by atoms with Crippen molar-refractivity contribution >= 4 is 47.2 Å². The van der Waals surface area contributed by atoms with Gasteiger partial charge in [0.1, 0.15) is 30.5 Å². The van der Waals surface area contributed by atoms with E-state index in [2.05, 4.69) is 11.0 Å². The van der Waals surface area contributed by atoms with Crippen LogP contribution in [0.5, 0.6) is 0 Å². The van der Waals surface area contributed by atoms with Crippen LogP contribution < -0.4 is 0 Å². The minimum atomic E-state index is -1.61. The Hall–Kier alpha value is -3.90. The van der Waals surface area contributed by atoms with E-state index < -0.39 is 59.1 Å². The summed E-state index contributed by atoms with van der Waals surface area (Å²) in [5, 5.41) is 0. The van der Waals surface area contributed by atoms with Crippen molar-refractivity contribution in [2.75, 3.05) is 18.6 Å². The van der Waals surface area contributed by atoms with Crippen molar-refractivity contribution in [1.29, 1.82) is 0 Å². The third-order valence-corrected chi connectivity index (χ3v) is 8.07. The number of ether oxygens (including phenoxy) is 4. The maximum absolute atomic E-state index is 13.5. The van der Waals surface area contributed by atoms with Gasteiger partial charge in [-0.3, -0.25) is 0 Å². The third kappa shape index (κ3) is 8.80. The molecule has 1 fully saturated rings. The summed E-state index contributed by atoms with van der Waals surface area (Å²) in [4.78, 5) is 39.7. The van der Waals surface area contributed by atoms with Gasteiger partial charge in [-0.1, -0.05) is 65.1 Å². The van der Waals surface area contributed by atoms with Gasteiger partial charge in [0.25, 0.3) is 0 Å². The zero-order valence-electron chi connectivity index (χ0n) is 23.4. The lowest BCUT2D eigenvalue weighted by Crippen LogP contribution is -2.60. The van der Waals surface area contributed by atoms with Gasteiger partial charge in [0, 0.05) is 12.2 Å². The van der Waals surface area contributed by atoms with Crippen LogP contribution in [0.2, 0.25) is 0 Å². The van der Waals surface area contributed by atoms with Gasteiger partial charge in [-0.15, -0.1) is 18.3 Å². The van der Waals surface area contributed by atoms with Crippen molar-refractivity contribution < 1.29 is 37.9 Å². The molecule has 9 nitrogen and oxygen atoms in total. The molecule has 0 N–H and O–H groups in total. The summed E-state index contributed by atoms with van der Waals surface area (Å²) in [6.45, 7) is 3.37. The van der Waals surface area contributed by atoms with E-state index in [0.717, 1.165) is 0 Å². The van der Waals surface area contributed by atoms with Crippen molar-refractivity contribution in [2.24, 2.45) is 4.40 Å². The van der Waals surface area contributed by atoms with Gasteiger partial charge in [0.2, 0.25) is 0 Å². The predicted octanol–water partition coefficient (Wildman–Crippen LogP) is 5.06. The minimum Gasteiger partial charge on any atom is -0.592 e. The fourth-order valence-electron chi connectivity index (χ4n) is 4.33. The van der Waals surface area contributed by atoms with Crippen LogP contribution in [0, 0.1) is 0 Å². The van der Waals surface area contributed by atoms with Crippen LogP contribution in [0.15, 0.2) is 108 Å². The average Bonchev–Trinajstić information content (AvgIpc) is 3.03. The smallest absolute Gasteiger partial charge is 0.338 e. The number of hydrogen-bond acceptors (Lipinski definition) is 10. The molecule has 0 amide bonds. The zero-order chi connectivity index (χ0) is 30.7. The van der Waals surface area contributed by atoms with Crippen LogP contribution in [-0.4, -0.2) is 70.5 Å². The van der Waals surface area contributed by atoms with Crippen molar-refractivity contribution in [3.05, 3.63) is 120 Å². The van der Waals surface area contributed by atoms with Crippen LogP contribution in [0.3, 0.4) is 0 Å². The third-order valence-electron chi connectivity index (χ3n) is 6.38. The Balaban J connectivity index is 1.73. The monoisotopic (exact) mass is 621 g/mol. The zero-order valence-corrected chi connectivity index (χ0v) is 25.0. The second-order valence-corrected chi connectivity index (χ2v) is 11.7. The molecule has 4 rings (SSSR count). The number of carbonyl (C=O) groups excluding carboxylic acids is 3. The predicted molar refractivity (Wildman–Crippen MR) is 165 cm³/mol. The second-order valence-electron chi connectivity index (χ2n) is 9.51. The number of hydrogen-bond donors (Lipinski definition) is 0. The molecule has 5 atom stereocenters. The van der Waals surface area contributed by atoms with Gasteiger partial charge in [0.05, 0.1) is 34.3 Å². The average molecular weight is 622 g/mol. The van der Waals surface area contributed by atoms with E-state index in [1.54, 1.807) is 97.1 Å². The fraction of sp³-hybridized carbons (Fsp3) is 0.250. The quantitative estimate of drug-likeness (QED) is 0.0897. The van der Waals surface area contributed by atoms with E-state index in [-0.39, 0.29) is 12.0 Å². The standard InChI is InChI=1S/C32H31NO8S2/c1-3-19-42-31-32(41-30(36)25-17-11-6-12-18-25,22-38-28(34)23-13-7-4-8-14-23)20-26(27(40-31)21-33-43(2)37)39-29(35)24-15-9-5-10-16-24/h3-18,21,26-27,31H,1,19-20,22H2,2H3. The topological polar surface area (TPSA) is 124 Å². The molecule has 0 saturated carbocycles. The highest BCUT2D eigenvalue weighted by Crippen LogP contribution is 2.41. The number of thioether (sulfide) groups is 1. The number of carbonyl (C=O) groups is 3. The number of nitrogens with zero attached hydrogens (tertiary/aromatic N) is 1. The van der Waals surface area contributed by atoms with Crippen LogP contribution in [-0.2, 0) is 30.3 Å². The number of rotatable bonds is 12. The Kier molecular flexibility index (Phi) is 11.6. The normalized spacial score (nSPS) is 22.3. The lowest BCUT2D eigenvalue weighted by Gasteiger charge is -2.46. The van der Waals surface area contributed by atoms with Crippen molar-refractivity contribution in [3.8, 4) is 0 Å². The minimum absolute atomic E-state index is 0.117. The number of esters is 3. The first-order valence-corrected chi connectivity index (χ1v) is 15.9. The van der Waals surface area contributed by atoms with Crippen molar-refractivity contribution in [2.45, 2.75) is 29.7 Å². The van der Waals surface area contributed by atoms with Crippen molar-refractivity contribution in [1.82, 2.24) is 0 Å². The summed E-state index contributed by atoms with van der Waals surface area (Å²) in [6, 6.07) is 25.1. The Bertz CT molecular complexity index is 1400. The van der Waals surface area contributed by atoms with E-state index in [1.807, 2.05) is 0 Å². The fourth-order valence-corrected chi connectivity index (χ4v) is 5.65. The molecule has 0 radical (unpaired) electrons. The molecule has 0 bridgehead atoms. The molecular weight excluding hydrogens is 590 g/mol. The molecule has 11 heteroatoms. The van der Waals surface area contributed by atoms with Crippen LogP contribution >= 0.6 is 11.8 Å². The summed E-state index contributed by atoms with van der Waals surface area (Å²) in [6.07, 6.45) is 2.24. The van der Waals surface area contributed by atoms with E-state index in [4.69, 9.17) is 18.9 Å². The van der Waals surface area contributed by atoms with E-state index in [9.17, 15) is 18.9 Å². The summed E-state index contributed by atoms with van der Waals surface area (Å²) >= 11 is -0.303. The highest BCUT2D eigenvalue weighted by Gasteiger charge is 2.54. The molecule has 1 saturated heterocycles. The van der Waals surface area contributed by atoms with Crippen LogP contribution in [0.4, 0.5) is 0 Å². The molecule has 3 aromatic rings. The van der Waals surface area contributed by atoms with Crippen LogP contribution in [0.25, 0.3) is 0 Å². The highest BCUT2D eigenvalue weighted by molar-refractivity contribution is 8.00. The molecule has 43 heavy (non-hydrogen) atoms. The van der Waals surface area contributed by atoms with Crippen LogP contribution in [0.1, 0.15) is 37.5 Å². The maximum Gasteiger partial charge on any atom is 0.338 e.